The van der Waals surface area contributed by atoms with E-state index in [1.807, 2.05) is 0 Å². The summed E-state index contributed by atoms with van der Waals surface area (Å²) in [5.74, 6) is -0.943. The first-order valence-electron chi connectivity index (χ1n) is 18.4. The number of phosphoric acid groups is 1. The fourth-order valence-corrected chi connectivity index (χ4v) is 5.14. The summed E-state index contributed by atoms with van der Waals surface area (Å²) in [5, 5.41) is 0. The number of rotatable bonds is 33. The van der Waals surface area contributed by atoms with Gasteiger partial charge in [0.1, 0.15) is 6.61 Å². The van der Waals surface area contributed by atoms with E-state index in [0.29, 0.717) is 12.8 Å². The van der Waals surface area contributed by atoms with Gasteiger partial charge >= 0.3 is 19.8 Å². The van der Waals surface area contributed by atoms with E-state index in [1.165, 1.54) is 57.8 Å². The van der Waals surface area contributed by atoms with Gasteiger partial charge in [0.05, 0.1) is 6.61 Å². The monoisotopic (exact) mass is 682 g/mol. The van der Waals surface area contributed by atoms with Crippen LogP contribution in [0.15, 0.2) is 48.6 Å². The van der Waals surface area contributed by atoms with Crippen LogP contribution >= 0.6 is 7.82 Å². The zero-order chi connectivity index (χ0) is 34.7. The highest BCUT2D eigenvalue weighted by Gasteiger charge is 2.22. The van der Waals surface area contributed by atoms with Crippen LogP contribution in [-0.4, -0.2) is 41.0 Å². The van der Waals surface area contributed by atoms with Crippen molar-refractivity contribution in [2.75, 3.05) is 13.2 Å². The standard InChI is InChI=1S/C38H67O8P/c1-3-5-7-9-11-13-15-17-19-21-22-24-26-28-30-32-37(39)44-34-36(35-45-47(41,42)43)46-38(40)33-31-29-27-25-23-20-18-16-14-12-10-8-6-4-2/h11,13,16-19,22,24,36H,3-10,12,14-15,20-21,23,25-35H2,1-2H3,(H2,41,42,43)/b13-11-,18-16-,19-17-,24-22-/t36-/m1/s1. The fourth-order valence-electron chi connectivity index (χ4n) is 4.78. The lowest BCUT2D eigenvalue weighted by Crippen LogP contribution is -2.29. The maximum Gasteiger partial charge on any atom is 0.469 e. The SMILES string of the molecule is CCCCC/C=C\C/C=C\C/C=C\CCCCC(=O)OC[C@H](COP(=O)(O)O)OC(=O)CCCCCCC/C=C\CCCCCCC. The van der Waals surface area contributed by atoms with Crippen molar-refractivity contribution in [1.29, 1.82) is 0 Å². The summed E-state index contributed by atoms with van der Waals surface area (Å²) in [5.41, 5.74) is 0. The third-order valence-electron chi connectivity index (χ3n) is 7.57. The molecule has 47 heavy (non-hydrogen) atoms. The topological polar surface area (TPSA) is 119 Å². The smallest absolute Gasteiger partial charge is 0.462 e. The van der Waals surface area contributed by atoms with Gasteiger partial charge in [0.2, 0.25) is 0 Å². The predicted octanol–water partition coefficient (Wildman–Crippen LogP) is 10.8. The van der Waals surface area contributed by atoms with Gasteiger partial charge in [-0.2, -0.15) is 0 Å². The number of hydrogen-bond donors (Lipinski definition) is 2. The molecule has 0 unspecified atom stereocenters. The zero-order valence-electron chi connectivity index (χ0n) is 29.7. The highest BCUT2D eigenvalue weighted by Crippen LogP contribution is 2.36. The van der Waals surface area contributed by atoms with Crippen LogP contribution in [0.1, 0.15) is 162 Å². The van der Waals surface area contributed by atoms with Crippen LogP contribution < -0.4 is 0 Å². The van der Waals surface area contributed by atoms with Crippen LogP contribution in [0.25, 0.3) is 0 Å². The molecule has 0 bridgehead atoms. The summed E-state index contributed by atoms with van der Waals surface area (Å²) in [4.78, 5) is 42.6. The highest BCUT2D eigenvalue weighted by molar-refractivity contribution is 7.46. The first-order valence-corrected chi connectivity index (χ1v) is 20.0. The van der Waals surface area contributed by atoms with Crippen molar-refractivity contribution >= 4 is 19.8 Å². The summed E-state index contributed by atoms with van der Waals surface area (Å²) in [6.45, 7) is 3.59. The Hall–Kier alpha value is -1.99. The van der Waals surface area contributed by atoms with Crippen molar-refractivity contribution in [2.24, 2.45) is 0 Å². The second-order valence-electron chi connectivity index (χ2n) is 12.2. The molecule has 0 aliphatic rings. The van der Waals surface area contributed by atoms with Gasteiger partial charge in [0.15, 0.2) is 6.10 Å². The quantitative estimate of drug-likeness (QED) is 0.0304. The number of carbonyl (C=O) groups is 2. The average molecular weight is 683 g/mol. The third kappa shape index (κ3) is 36.7. The molecule has 0 aromatic rings. The summed E-state index contributed by atoms with van der Waals surface area (Å²) in [7, 11) is -4.76. The van der Waals surface area contributed by atoms with Crippen LogP contribution in [0, 0.1) is 0 Å². The van der Waals surface area contributed by atoms with Gasteiger partial charge in [-0.3, -0.25) is 14.1 Å². The van der Waals surface area contributed by atoms with E-state index in [4.69, 9.17) is 19.3 Å². The van der Waals surface area contributed by atoms with Crippen molar-refractivity contribution in [3.8, 4) is 0 Å². The first kappa shape index (κ1) is 45.0. The Balaban J connectivity index is 4.07. The maximum atomic E-state index is 12.3. The Bertz CT molecular complexity index is 905. The molecule has 0 aliphatic carbocycles. The van der Waals surface area contributed by atoms with Crippen molar-refractivity contribution in [1.82, 2.24) is 0 Å². The molecule has 0 amide bonds. The van der Waals surface area contributed by atoms with E-state index in [9.17, 15) is 14.2 Å². The van der Waals surface area contributed by atoms with E-state index in [-0.39, 0.29) is 19.4 Å². The average Bonchev–Trinajstić information content (AvgIpc) is 3.03. The Labute approximate surface area is 286 Å². The Morgan fingerprint density at radius 2 is 0.957 bits per heavy atom. The van der Waals surface area contributed by atoms with E-state index in [2.05, 4.69) is 67.0 Å². The number of carbonyl (C=O) groups excluding carboxylic acids is 2. The molecule has 8 nitrogen and oxygen atoms in total. The molecular formula is C38H67O8P. The Morgan fingerprint density at radius 1 is 0.553 bits per heavy atom. The van der Waals surface area contributed by atoms with Gasteiger partial charge in [-0.15, -0.1) is 0 Å². The minimum Gasteiger partial charge on any atom is -0.462 e. The Kier molecular flexibility index (Phi) is 32.5. The molecule has 0 saturated carbocycles. The van der Waals surface area contributed by atoms with Crippen LogP contribution in [-0.2, 0) is 28.2 Å². The highest BCUT2D eigenvalue weighted by atomic mass is 31.2. The van der Waals surface area contributed by atoms with Crippen molar-refractivity contribution in [3.05, 3.63) is 48.6 Å². The van der Waals surface area contributed by atoms with E-state index in [1.54, 1.807) is 0 Å². The molecule has 2 N–H and O–H groups in total. The Morgan fingerprint density at radius 3 is 1.53 bits per heavy atom. The third-order valence-corrected chi connectivity index (χ3v) is 8.06. The minimum atomic E-state index is -4.76. The molecule has 0 aromatic heterocycles. The van der Waals surface area contributed by atoms with Gasteiger partial charge in [-0.05, 0) is 77.0 Å². The van der Waals surface area contributed by atoms with Gasteiger partial charge < -0.3 is 19.3 Å². The molecule has 0 aromatic carbocycles. The number of hydrogen-bond acceptors (Lipinski definition) is 6. The molecule has 0 spiro atoms. The van der Waals surface area contributed by atoms with Crippen LogP contribution in [0.3, 0.4) is 0 Å². The lowest BCUT2D eigenvalue weighted by molar-refractivity contribution is -0.161. The van der Waals surface area contributed by atoms with Crippen molar-refractivity contribution in [2.45, 2.75) is 168 Å². The lowest BCUT2D eigenvalue weighted by Gasteiger charge is -2.18. The van der Waals surface area contributed by atoms with Gasteiger partial charge in [-0.1, -0.05) is 120 Å². The molecular weight excluding hydrogens is 615 g/mol. The summed E-state index contributed by atoms with van der Waals surface area (Å²) in [6.07, 6.45) is 39.7. The molecule has 1 atom stereocenters. The van der Waals surface area contributed by atoms with E-state index >= 15 is 0 Å². The summed E-state index contributed by atoms with van der Waals surface area (Å²) in [6, 6.07) is 0. The number of allylic oxidation sites excluding steroid dienone is 8. The molecule has 0 heterocycles. The maximum absolute atomic E-state index is 12.3. The zero-order valence-corrected chi connectivity index (χ0v) is 30.6. The van der Waals surface area contributed by atoms with Gasteiger partial charge in [0.25, 0.3) is 0 Å². The molecule has 0 aliphatic heterocycles. The van der Waals surface area contributed by atoms with Gasteiger partial charge in [-0.25, -0.2) is 4.57 Å². The number of phosphoric ester groups is 1. The molecule has 0 rings (SSSR count). The summed E-state index contributed by atoms with van der Waals surface area (Å²) < 4.78 is 26.2. The fraction of sp³-hybridized carbons (Fsp3) is 0.737. The second-order valence-corrected chi connectivity index (χ2v) is 13.4. The van der Waals surface area contributed by atoms with Crippen LogP contribution in [0.5, 0.6) is 0 Å². The van der Waals surface area contributed by atoms with E-state index < -0.39 is 32.5 Å². The first-order chi connectivity index (χ1) is 22.8. The number of unbranched alkanes of at least 4 members (excludes halogenated alkanes) is 15. The van der Waals surface area contributed by atoms with Gasteiger partial charge in [0, 0.05) is 12.8 Å². The predicted molar refractivity (Wildman–Crippen MR) is 193 cm³/mol. The number of ether oxygens (including phenoxy) is 2. The van der Waals surface area contributed by atoms with Crippen LogP contribution in [0.4, 0.5) is 0 Å². The van der Waals surface area contributed by atoms with E-state index in [0.717, 1.165) is 64.2 Å². The van der Waals surface area contributed by atoms with Crippen LogP contribution in [0.2, 0.25) is 0 Å². The molecule has 9 heteroatoms. The second kappa shape index (κ2) is 33.9. The molecule has 272 valence electrons. The summed E-state index contributed by atoms with van der Waals surface area (Å²) >= 11 is 0. The normalized spacial score (nSPS) is 13.0. The molecule has 0 saturated heterocycles. The largest absolute Gasteiger partial charge is 0.469 e. The minimum absolute atomic E-state index is 0.192. The number of esters is 2. The van der Waals surface area contributed by atoms with Crippen molar-refractivity contribution in [3.63, 3.8) is 0 Å². The van der Waals surface area contributed by atoms with Crippen molar-refractivity contribution < 1.29 is 37.9 Å². The lowest BCUT2D eigenvalue weighted by atomic mass is 10.1. The molecule has 0 radical (unpaired) electrons. The molecule has 0 fully saturated rings.